The topological polar surface area (TPSA) is 80.5 Å². The molecule has 0 aliphatic carbocycles. The van der Waals surface area contributed by atoms with Gasteiger partial charge in [0.25, 0.3) is 5.91 Å². The van der Waals surface area contributed by atoms with Crippen LogP contribution in [0, 0.1) is 18.3 Å². The number of carbonyl (C=O) groups excluding carboxylic acids is 1. The van der Waals surface area contributed by atoms with Crippen LogP contribution in [0.2, 0.25) is 0 Å². The second-order valence-corrected chi connectivity index (χ2v) is 7.80. The van der Waals surface area contributed by atoms with E-state index in [4.69, 9.17) is 0 Å². The fourth-order valence-electron chi connectivity index (χ4n) is 3.73. The molecule has 0 bridgehead atoms. The third kappa shape index (κ3) is 5.06. The lowest BCUT2D eigenvalue weighted by Crippen LogP contribution is -2.49. The van der Waals surface area contributed by atoms with Gasteiger partial charge in [-0.05, 0) is 63.3 Å². The standard InChI is InChI=1S/C22H29N5O/c1-15-4-5-20(13-25-15)22(28)26-21-11-18(12-23)10-19(17(21)3)6-8-27-9-7-24-16(2)14-27/h10-11,13,16,24H,4-9,14H2,1-3H3,(H,26,28)/t16-/m0/s1. The average molecular weight is 380 g/mol. The maximum Gasteiger partial charge on any atom is 0.253 e. The quantitative estimate of drug-likeness (QED) is 0.824. The van der Waals surface area contributed by atoms with Gasteiger partial charge in [-0.25, -0.2) is 0 Å². The molecule has 2 aliphatic rings. The highest BCUT2D eigenvalue weighted by Gasteiger charge is 2.18. The molecule has 2 N–H and O–H groups in total. The predicted octanol–water partition coefficient (Wildman–Crippen LogP) is 2.78. The van der Waals surface area contributed by atoms with Crippen molar-refractivity contribution in [2.45, 2.75) is 46.1 Å². The molecule has 0 aromatic heterocycles. The Balaban J connectivity index is 1.73. The zero-order chi connectivity index (χ0) is 20.1. The molecule has 1 aromatic rings. The predicted molar refractivity (Wildman–Crippen MR) is 113 cm³/mol. The van der Waals surface area contributed by atoms with Crippen LogP contribution in [0.15, 0.2) is 28.9 Å². The monoisotopic (exact) mass is 379 g/mol. The fourth-order valence-corrected chi connectivity index (χ4v) is 3.73. The molecule has 148 valence electrons. The zero-order valence-electron chi connectivity index (χ0n) is 17.0. The summed E-state index contributed by atoms with van der Waals surface area (Å²) < 4.78 is 0. The van der Waals surface area contributed by atoms with Crippen molar-refractivity contribution in [1.82, 2.24) is 10.2 Å². The van der Waals surface area contributed by atoms with E-state index in [9.17, 15) is 10.1 Å². The van der Waals surface area contributed by atoms with Gasteiger partial charge in [0.2, 0.25) is 0 Å². The largest absolute Gasteiger partial charge is 0.322 e. The van der Waals surface area contributed by atoms with Gasteiger partial charge in [-0.1, -0.05) is 0 Å². The summed E-state index contributed by atoms with van der Waals surface area (Å²) in [5.41, 5.74) is 5.18. The van der Waals surface area contributed by atoms with Gasteiger partial charge < -0.3 is 15.5 Å². The third-order valence-corrected chi connectivity index (χ3v) is 5.53. The maximum absolute atomic E-state index is 12.6. The van der Waals surface area contributed by atoms with E-state index in [2.05, 4.69) is 33.5 Å². The summed E-state index contributed by atoms with van der Waals surface area (Å²) in [6.45, 7) is 10.2. The normalized spacial score (nSPS) is 20.1. The van der Waals surface area contributed by atoms with Crippen LogP contribution in [0.25, 0.3) is 0 Å². The molecule has 6 nitrogen and oxygen atoms in total. The number of nitriles is 1. The highest BCUT2D eigenvalue weighted by Crippen LogP contribution is 2.24. The molecule has 0 radical (unpaired) electrons. The number of piperazine rings is 1. The number of amides is 1. The zero-order valence-corrected chi connectivity index (χ0v) is 17.0. The molecule has 1 atom stereocenters. The molecule has 6 heteroatoms. The first-order valence-electron chi connectivity index (χ1n) is 9.99. The summed E-state index contributed by atoms with van der Waals surface area (Å²) in [5, 5.41) is 15.9. The van der Waals surface area contributed by atoms with Crippen LogP contribution in [0.3, 0.4) is 0 Å². The van der Waals surface area contributed by atoms with Gasteiger partial charge in [0.1, 0.15) is 0 Å². The van der Waals surface area contributed by atoms with Crippen molar-refractivity contribution in [2.24, 2.45) is 4.99 Å². The van der Waals surface area contributed by atoms with E-state index in [1.165, 1.54) is 0 Å². The average Bonchev–Trinajstić information content (AvgIpc) is 2.69. The van der Waals surface area contributed by atoms with Crippen molar-refractivity contribution in [1.29, 1.82) is 5.26 Å². The van der Waals surface area contributed by atoms with Gasteiger partial charge >= 0.3 is 0 Å². The number of carbonyl (C=O) groups is 1. The second-order valence-electron chi connectivity index (χ2n) is 7.80. The number of nitrogens with one attached hydrogen (secondary N) is 2. The maximum atomic E-state index is 12.6. The Kier molecular flexibility index (Phi) is 6.61. The summed E-state index contributed by atoms with van der Waals surface area (Å²) >= 11 is 0. The van der Waals surface area contributed by atoms with Gasteiger partial charge in [-0.15, -0.1) is 0 Å². The molecule has 2 heterocycles. The molecular weight excluding hydrogens is 350 g/mol. The first-order chi connectivity index (χ1) is 13.5. The Labute approximate surface area is 167 Å². The van der Waals surface area contributed by atoms with E-state index in [0.717, 1.165) is 61.5 Å². The van der Waals surface area contributed by atoms with Crippen LogP contribution in [0.1, 0.15) is 43.4 Å². The SMILES string of the molecule is CC1=NC=C(C(=O)Nc2cc(C#N)cc(CCN3CCN[C@@H](C)C3)c2C)CC1. The number of benzene rings is 1. The van der Waals surface area contributed by atoms with Crippen LogP contribution in [0.5, 0.6) is 0 Å². The molecule has 1 aromatic carbocycles. The first-order valence-corrected chi connectivity index (χ1v) is 9.99. The molecule has 1 saturated heterocycles. The number of hydrogen-bond donors (Lipinski definition) is 2. The minimum Gasteiger partial charge on any atom is -0.322 e. The van der Waals surface area contributed by atoms with Crippen molar-refractivity contribution in [3.8, 4) is 6.07 Å². The van der Waals surface area contributed by atoms with Crippen molar-refractivity contribution in [3.63, 3.8) is 0 Å². The first kappa shape index (κ1) is 20.2. The van der Waals surface area contributed by atoms with Crippen molar-refractivity contribution in [2.75, 3.05) is 31.5 Å². The van der Waals surface area contributed by atoms with E-state index in [1.54, 1.807) is 12.3 Å². The Hall–Kier alpha value is -2.49. The number of hydrogen-bond acceptors (Lipinski definition) is 5. The second kappa shape index (κ2) is 9.13. The number of nitrogens with zero attached hydrogens (tertiary/aromatic N) is 3. The number of rotatable bonds is 5. The van der Waals surface area contributed by atoms with Crippen LogP contribution < -0.4 is 10.6 Å². The van der Waals surface area contributed by atoms with Crippen LogP contribution >= 0.6 is 0 Å². The summed E-state index contributed by atoms with van der Waals surface area (Å²) in [6, 6.07) is 6.45. The van der Waals surface area contributed by atoms with Gasteiger partial charge in [0.15, 0.2) is 0 Å². The highest BCUT2D eigenvalue weighted by atomic mass is 16.1. The minimum absolute atomic E-state index is 0.128. The molecule has 1 fully saturated rings. The van der Waals surface area contributed by atoms with Crippen LogP contribution in [0.4, 0.5) is 5.69 Å². The summed E-state index contributed by atoms with van der Waals surface area (Å²) in [6.07, 6.45) is 4.03. The summed E-state index contributed by atoms with van der Waals surface area (Å²) in [5.74, 6) is -0.128. The molecule has 0 saturated carbocycles. The lowest BCUT2D eigenvalue weighted by molar-refractivity contribution is -0.113. The van der Waals surface area contributed by atoms with E-state index in [-0.39, 0.29) is 5.91 Å². The van der Waals surface area contributed by atoms with E-state index in [0.29, 0.717) is 23.6 Å². The Morgan fingerprint density at radius 1 is 1.39 bits per heavy atom. The van der Waals surface area contributed by atoms with Crippen LogP contribution in [-0.4, -0.2) is 48.7 Å². The van der Waals surface area contributed by atoms with Gasteiger partial charge in [-0.3, -0.25) is 9.79 Å². The minimum atomic E-state index is -0.128. The number of aliphatic imine (C=N–C) groups is 1. The summed E-state index contributed by atoms with van der Waals surface area (Å²) in [7, 11) is 0. The molecule has 0 unspecified atom stereocenters. The van der Waals surface area contributed by atoms with Gasteiger partial charge in [0, 0.05) is 55.4 Å². The van der Waals surface area contributed by atoms with Gasteiger partial charge in [-0.2, -0.15) is 5.26 Å². The Morgan fingerprint density at radius 3 is 2.89 bits per heavy atom. The van der Waals surface area contributed by atoms with Crippen molar-refractivity contribution < 1.29 is 4.79 Å². The molecule has 1 amide bonds. The Morgan fingerprint density at radius 2 is 2.21 bits per heavy atom. The lowest BCUT2D eigenvalue weighted by atomic mass is 9.99. The molecule has 2 aliphatic heterocycles. The molecule has 3 rings (SSSR count). The summed E-state index contributed by atoms with van der Waals surface area (Å²) in [4.78, 5) is 19.3. The smallest absolute Gasteiger partial charge is 0.253 e. The van der Waals surface area contributed by atoms with Crippen molar-refractivity contribution in [3.05, 3.63) is 40.6 Å². The molecule has 0 spiro atoms. The lowest BCUT2D eigenvalue weighted by Gasteiger charge is -2.32. The highest BCUT2D eigenvalue weighted by molar-refractivity contribution is 6.05. The van der Waals surface area contributed by atoms with Crippen LogP contribution in [-0.2, 0) is 11.2 Å². The Bertz CT molecular complexity index is 849. The third-order valence-electron chi connectivity index (χ3n) is 5.53. The fraction of sp³-hybridized carbons (Fsp3) is 0.500. The molecular formula is C22H29N5O. The van der Waals surface area contributed by atoms with E-state index < -0.39 is 0 Å². The van der Waals surface area contributed by atoms with Crippen molar-refractivity contribution >= 4 is 17.3 Å². The number of anilines is 1. The van der Waals surface area contributed by atoms with E-state index >= 15 is 0 Å². The molecule has 28 heavy (non-hydrogen) atoms. The van der Waals surface area contributed by atoms with E-state index in [1.807, 2.05) is 19.9 Å². The van der Waals surface area contributed by atoms with Gasteiger partial charge in [0.05, 0.1) is 11.6 Å².